The van der Waals surface area contributed by atoms with Gasteiger partial charge < -0.3 is 15.4 Å². The number of carbonyl (C=O) groups excluding carboxylic acids is 1. The van der Waals surface area contributed by atoms with Crippen molar-refractivity contribution < 1.29 is 9.53 Å². The second-order valence-corrected chi connectivity index (χ2v) is 7.01. The first-order valence-electron chi connectivity index (χ1n) is 9.27. The maximum absolute atomic E-state index is 12.8. The molecule has 0 unspecified atom stereocenters. The Bertz CT molecular complexity index is 808. The molecule has 1 aromatic heterocycles. The van der Waals surface area contributed by atoms with E-state index in [2.05, 4.69) is 28.2 Å². The molecule has 0 bridgehead atoms. The fraction of sp³-hybridized carbons (Fsp3) is 0.450. The minimum Gasteiger partial charge on any atom is -0.382 e. The summed E-state index contributed by atoms with van der Waals surface area (Å²) in [5.74, 6) is 0.484. The van der Waals surface area contributed by atoms with Crippen molar-refractivity contribution in [2.45, 2.75) is 38.2 Å². The average molecular weight is 352 g/mol. The zero-order chi connectivity index (χ0) is 17.9. The Hall–Kier alpha value is -2.47. The van der Waals surface area contributed by atoms with Gasteiger partial charge in [0.25, 0.3) is 0 Å². The van der Waals surface area contributed by atoms with Gasteiger partial charge in [0.1, 0.15) is 17.6 Å². The van der Waals surface area contributed by atoms with Crippen molar-refractivity contribution in [2.24, 2.45) is 0 Å². The molecule has 2 aromatic rings. The molecule has 6 heteroatoms. The van der Waals surface area contributed by atoms with Gasteiger partial charge in [-0.05, 0) is 42.4 Å². The summed E-state index contributed by atoms with van der Waals surface area (Å²) >= 11 is 0. The number of hydrogen-bond donors (Lipinski definition) is 1. The summed E-state index contributed by atoms with van der Waals surface area (Å²) in [6.07, 6.45) is 8.07. The van der Waals surface area contributed by atoms with Crippen molar-refractivity contribution >= 4 is 11.7 Å². The molecule has 1 aliphatic carbocycles. The van der Waals surface area contributed by atoms with Crippen LogP contribution in [0.2, 0.25) is 0 Å². The van der Waals surface area contributed by atoms with Crippen LogP contribution < -0.4 is 5.73 Å². The van der Waals surface area contributed by atoms with Crippen LogP contribution in [0.4, 0.5) is 5.82 Å². The fourth-order valence-electron chi connectivity index (χ4n) is 3.83. The van der Waals surface area contributed by atoms with Gasteiger partial charge in [0, 0.05) is 18.9 Å². The van der Waals surface area contributed by atoms with Gasteiger partial charge in [-0.1, -0.05) is 18.2 Å². The third kappa shape index (κ3) is 3.55. The van der Waals surface area contributed by atoms with E-state index in [-0.39, 0.29) is 12.0 Å². The number of ether oxygens (including phenoxy) is 1. The molecule has 2 N–H and O–H groups in total. The lowest BCUT2D eigenvalue weighted by atomic mass is 9.90. The first-order valence-corrected chi connectivity index (χ1v) is 9.27. The van der Waals surface area contributed by atoms with Gasteiger partial charge in [-0.2, -0.15) is 0 Å². The Morgan fingerprint density at radius 2 is 2.00 bits per heavy atom. The summed E-state index contributed by atoms with van der Waals surface area (Å²) in [4.78, 5) is 23.0. The molecule has 136 valence electrons. The molecule has 1 amide bonds. The van der Waals surface area contributed by atoms with Crippen LogP contribution in [0.25, 0.3) is 0 Å². The molecule has 0 spiro atoms. The summed E-state index contributed by atoms with van der Waals surface area (Å²) in [5, 5.41) is 0. The molecular weight excluding hydrogens is 328 g/mol. The largest absolute Gasteiger partial charge is 0.382 e. The lowest BCUT2D eigenvalue weighted by molar-refractivity contribution is -0.138. The zero-order valence-electron chi connectivity index (χ0n) is 14.9. The van der Waals surface area contributed by atoms with E-state index >= 15 is 0 Å². The quantitative estimate of drug-likeness (QED) is 0.915. The first kappa shape index (κ1) is 17.0. The van der Waals surface area contributed by atoms with Gasteiger partial charge in [0.05, 0.1) is 19.6 Å². The molecule has 1 atom stereocenters. The number of nitrogen functional groups attached to an aromatic ring is 1. The number of aryl methyl sites for hydroxylation is 2. The summed E-state index contributed by atoms with van der Waals surface area (Å²) in [6.45, 7) is 1.55. The lowest BCUT2D eigenvalue weighted by Gasteiger charge is -2.33. The second kappa shape index (κ2) is 7.41. The molecule has 6 nitrogen and oxygen atoms in total. The van der Waals surface area contributed by atoms with Crippen LogP contribution in [0, 0.1) is 0 Å². The number of amides is 1. The van der Waals surface area contributed by atoms with Crippen molar-refractivity contribution in [2.75, 3.05) is 25.4 Å². The number of benzene rings is 1. The predicted molar refractivity (Wildman–Crippen MR) is 98.5 cm³/mol. The van der Waals surface area contributed by atoms with Crippen molar-refractivity contribution in [3.63, 3.8) is 0 Å². The van der Waals surface area contributed by atoms with Crippen LogP contribution in [0.1, 0.15) is 41.3 Å². The minimum atomic E-state index is -0.315. The van der Waals surface area contributed by atoms with Gasteiger partial charge >= 0.3 is 0 Å². The predicted octanol–water partition coefficient (Wildman–Crippen LogP) is 2.08. The summed E-state index contributed by atoms with van der Waals surface area (Å²) in [7, 11) is 0. The Balaban J connectivity index is 1.44. The normalized spacial score (nSPS) is 19.8. The zero-order valence-corrected chi connectivity index (χ0v) is 14.9. The van der Waals surface area contributed by atoms with Crippen molar-refractivity contribution in [1.29, 1.82) is 0 Å². The van der Waals surface area contributed by atoms with E-state index in [0.29, 0.717) is 37.6 Å². The Morgan fingerprint density at radius 3 is 2.85 bits per heavy atom. The van der Waals surface area contributed by atoms with Gasteiger partial charge in [-0.3, -0.25) is 9.78 Å². The van der Waals surface area contributed by atoms with Crippen LogP contribution in [0.5, 0.6) is 0 Å². The summed E-state index contributed by atoms with van der Waals surface area (Å²) in [5.41, 5.74) is 10.5. The summed E-state index contributed by atoms with van der Waals surface area (Å²) in [6, 6.07) is 6.51. The number of aromatic nitrogens is 2. The van der Waals surface area contributed by atoms with E-state index in [1.165, 1.54) is 24.0 Å². The van der Waals surface area contributed by atoms with Crippen LogP contribution >= 0.6 is 0 Å². The second-order valence-electron chi connectivity index (χ2n) is 7.01. The number of morpholine rings is 1. The molecule has 1 saturated heterocycles. The molecule has 4 rings (SSSR count). The van der Waals surface area contributed by atoms with Gasteiger partial charge in [-0.25, -0.2) is 4.98 Å². The van der Waals surface area contributed by atoms with E-state index < -0.39 is 0 Å². The number of nitrogens with zero attached hydrogens (tertiary/aromatic N) is 3. The standard InChI is InChI=1S/C20H24N4O2/c21-20-19(22-7-8-23-20)17-13-24(9-10-26-17)18(25)12-14-5-6-15-3-1-2-4-16(15)11-14/h5-8,11,17H,1-4,9-10,12-13H2,(H2,21,23)/t17-/m1/s1. The molecule has 26 heavy (non-hydrogen) atoms. The molecule has 1 fully saturated rings. The first-order chi connectivity index (χ1) is 12.7. The Kier molecular flexibility index (Phi) is 4.84. The number of fused-ring (bicyclic) bond motifs is 1. The third-order valence-electron chi connectivity index (χ3n) is 5.25. The van der Waals surface area contributed by atoms with Crippen molar-refractivity contribution in [3.8, 4) is 0 Å². The van der Waals surface area contributed by atoms with Crippen LogP contribution in [-0.2, 0) is 28.8 Å². The maximum Gasteiger partial charge on any atom is 0.227 e. The van der Waals surface area contributed by atoms with E-state index in [1.54, 1.807) is 12.4 Å². The number of nitrogens with two attached hydrogens (primary N) is 1. The average Bonchev–Trinajstić information content (AvgIpc) is 2.68. The van der Waals surface area contributed by atoms with E-state index in [9.17, 15) is 4.79 Å². The van der Waals surface area contributed by atoms with E-state index in [0.717, 1.165) is 18.4 Å². The van der Waals surface area contributed by atoms with Gasteiger partial charge in [-0.15, -0.1) is 0 Å². The lowest BCUT2D eigenvalue weighted by Crippen LogP contribution is -2.43. The molecule has 1 aromatic carbocycles. The fourth-order valence-corrected chi connectivity index (χ4v) is 3.83. The number of anilines is 1. The highest BCUT2D eigenvalue weighted by molar-refractivity contribution is 5.79. The van der Waals surface area contributed by atoms with Crippen molar-refractivity contribution in [3.05, 3.63) is 53.0 Å². The molecule has 0 radical (unpaired) electrons. The number of carbonyl (C=O) groups is 1. The molecule has 0 saturated carbocycles. The van der Waals surface area contributed by atoms with Gasteiger partial charge in [0.2, 0.25) is 5.91 Å². The maximum atomic E-state index is 12.8. The smallest absolute Gasteiger partial charge is 0.227 e. The van der Waals surface area contributed by atoms with Crippen LogP contribution in [0.15, 0.2) is 30.6 Å². The third-order valence-corrected chi connectivity index (χ3v) is 5.25. The van der Waals surface area contributed by atoms with Gasteiger partial charge in [0.15, 0.2) is 0 Å². The summed E-state index contributed by atoms with van der Waals surface area (Å²) < 4.78 is 5.77. The van der Waals surface area contributed by atoms with Crippen LogP contribution in [-0.4, -0.2) is 40.5 Å². The van der Waals surface area contributed by atoms with Crippen LogP contribution in [0.3, 0.4) is 0 Å². The Morgan fingerprint density at radius 1 is 1.19 bits per heavy atom. The monoisotopic (exact) mass is 352 g/mol. The highest BCUT2D eigenvalue weighted by atomic mass is 16.5. The highest BCUT2D eigenvalue weighted by Crippen LogP contribution is 2.25. The van der Waals surface area contributed by atoms with E-state index in [4.69, 9.17) is 10.5 Å². The number of hydrogen-bond acceptors (Lipinski definition) is 5. The Labute approximate surface area is 153 Å². The molecule has 2 heterocycles. The molecule has 2 aliphatic rings. The van der Waals surface area contributed by atoms with E-state index in [1.807, 2.05) is 4.90 Å². The number of rotatable bonds is 3. The highest BCUT2D eigenvalue weighted by Gasteiger charge is 2.28. The SMILES string of the molecule is Nc1nccnc1[C@H]1CN(C(=O)Cc2ccc3c(c2)CCCC3)CCO1. The molecular formula is C20H24N4O2. The topological polar surface area (TPSA) is 81.3 Å². The van der Waals surface area contributed by atoms with Crippen molar-refractivity contribution in [1.82, 2.24) is 14.9 Å². The minimum absolute atomic E-state index is 0.122. The molecule has 1 aliphatic heterocycles.